The van der Waals surface area contributed by atoms with E-state index >= 15 is 0 Å². The lowest BCUT2D eigenvalue weighted by atomic mass is 9.96. The first-order chi connectivity index (χ1) is 42.8. The van der Waals surface area contributed by atoms with E-state index in [0.29, 0.717) is 43.6 Å². The molecule has 5 fully saturated rings. The third kappa shape index (κ3) is 22.7. The maximum Gasteiger partial charge on any atom is 0.354 e. The van der Waals surface area contributed by atoms with Crippen LogP contribution in [0.3, 0.4) is 0 Å². The van der Waals surface area contributed by atoms with E-state index in [4.69, 9.17) is 42.7 Å². The van der Waals surface area contributed by atoms with E-state index < -0.39 is 210 Å². The number of aliphatic hydroxyl groups excluding tert-OH is 13. The summed E-state index contributed by atoms with van der Waals surface area (Å²) >= 11 is 0. The van der Waals surface area contributed by atoms with E-state index in [1.165, 1.54) is 18.7 Å². The van der Waals surface area contributed by atoms with Crippen LogP contribution in [0.1, 0.15) is 78.1 Å². The Balaban J connectivity index is 1.03. The van der Waals surface area contributed by atoms with Crippen LogP contribution in [0.15, 0.2) is 0 Å². The molecule has 0 radical (unpaired) electrons. The van der Waals surface area contributed by atoms with Crippen molar-refractivity contribution in [3.05, 3.63) is 0 Å². The third-order valence-electron chi connectivity index (χ3n) is 15.1. The molecule has 5 heterocycles. The van der Waals surface area contributed by atoms with Gasteiger partial charge in [0.25, 0.3) is 11.8 Å². The Morgan fingerprint density at radius 3 is 1.44 bits per heavy atom. The van der Waals surface area contributed by atoms with Gasteiger partial charge in [0, 0.05) is 51.9 Å². The van der Waals surface area contributed by atoms with E-state index in [1.54, 1.807) is 0 Å². The van der Waals surface area contributed by atoms with Gasteiger partial charge < -0.3 is 136 Å². The van der Waals surface area contributed by atoms with Crippen LogP contribution in [-0.4, -0.2) is 331 Å². The first kappa shape index (κ1) is 75.8. The minimum atomic E-state index is -1.96. The van der Waals surface area contributed by atoms with Gasteiger partial charge in [-0.1, -0.05) is 12.8 Å². The Labute approximate surface area is 516 Å². The van der Waals surface area contributed by atoms with E-state index in [0.717, 1.165) is 0 Å². The predicted octanol–water partition coefficient (Wildman–Crippen LogP) is -10.7. The molecule has 0 aromatic carbocycles. The van der Waals surface area contributed by atoms with Gasteiger partial charge in [0.2, 0.25) is 29.5 Å². The Morgan fingerprint density at radius 1 is 0.500 bits per heavy atom. The minimum Gasteiger partial charge on any atom is -0.394 e. The fourth-order valence-corrected chi connectivity index (χ4v) is 9.82. The lowest BCUT2D eigenvalue weighted by Crippen LogP contribution is -2.65. The number of amides is 7. The highest BCUT2D eigenvalue weighted by Gasteiger charge is 2.52. The Bertz CT molecular complexity index is 2280. The molecule has 21 atom stereocenters. The zero-order valence-corrected chi connectivity index (χ0v) is 49.8. The molecule has 0 spiro atoms. The molecule has 1 unspecified atom stereocenters. The average Bonchev–Trinajstić information content (AvgIpc) is 2.07. The molecule has 5 rings (SSSR count). The molecule has 0 aliphatic carbocycles. The van der Waals surface area contributed by atoms with Gasteiger partial charge in [0.1, 0.15) is 97.6 Å². The van der Waals surface area contributed by atoms with Gasteiger partial charge in [-0.25, -0.2) is 4.79 Å². The highest BCUT2D eigenvalue weighted by Crippen LogP contribution is 2.31. The van der Waals surface area contributed by atoms with Crippen molar-refractivity contribution in [2.45, 2.75) is 207 Å². The summed E-state index contributed by atoms with van der Waals surface area (Å²) in [6.45, 7) is -1.21. The van der Waals surface area contributed by atoms with E-state index in [-0.39, 0.29) is 71.0 Å². The molecular weight excluding hydrogens is 1210 g/mol. The topological polar surface area (TPSA) is 549 Å². The molecule has 0 aromatic heterocycles. The number of nitrogens with one attached hydrogen (secondary N) is 5. The lowest BCUT2D eigenvalue weighted by molar-refractivity contribution is -0.366. The monoisotopic (exact) mass is 1300 g/mol. The van der Waals surface area contributed by atoms with Gasteiger partial charge in [0.15, 0.2) is 25.2 Å². The maximum atomic E-state index is 13.1. The molecule has 7 amide bonds. The summed E-state index contributed by atoms with van der Waals surface area (Å²) in [5, 5.41) is 147. The second-order valence-electron chi connectivity index (χ2n) is 22.2. The zero-order chi connectivity index (χ0) is 66.4. The van der Waals surface area contributed by atoms with Crippen molar-refractivity contribution in [1.82, 2.24) is 36.5 Å². The number of nitrogens with zero attached hydrogens (tertiary/aromatic N) is 2. The highest BCUT2D eigenvalue weighted by atomic mass is 16.8. The summed E-state index contributed by atoms with van der Waals surface area (Å²) in [7, 11) is 0. The number of carbonyl (C=O) groups excluding carboxylic acids is 8. The van der Waals surface area contributed by atoms with Crippen molar-refractivity contribution in [3.63, 3.8) is 0 Å². The maximum absolute atomic E-state index is 13.1. The van der Waals surface area contributed by atoms with Gasteiger partial charge in [0.05, 0.1) is 58.8 Å². The van der Waals surface area contributed by atoms with E-state index in [9.17, 15) is 105 Å². The summed E-state index contributed by atoms with van der Waals surface area (Å²) in [6, 6.07) is -1.36. The molecule has 37 heteroatoms. The smallest absolute Gasteiger partial charge is 0.354 e. The molecule has 5 aliphatic rings. The summed E-state index contributed by atoms with van der Waals surface area (Å²) < 4.78 is 44.2. The zero-order valence-electron chi connectivity index (χ0n) is 49.8. The summed E-state index contributed by atoms with van der Waals surface area (Å²) in [5.41, 5.74) is 0. The molecule has 90 heavy (non-hydrogen) atoms. The number of imide groups is 1. The average molecular weight is 1300 g/mol. The van der Waals surface area contributed by atoms with Crippen molar-refractivity contribution in [2.75, 3.05) is 78.8 Å². The number of hydrogen-bond acceptors (Lipinski definition) is 31. The molecule has 516 valence electrons. The van der Waals surface area contributed by atoms with Crippen molar-refractivity contribution >= 4 is 47.3 Å². The van der Waals surface area contributed by atoms with Crippen molar-refractivity contribution < 1.29 is 147 Å². The number of unbranched alkanes of at least 4 members (excludes halogenated alkanes) is 4. The first-order valence-corrected chi connectivity index (χ1v) is 29.7. The number of aliphatic hydroxyl groups is 13. The van der Waals surface area contributed by atoms with Gasteiger partial charge in [-0.2, -0.15) is 0 Å². The van der Waals surface area contributed by atoms with Gasteiger partial charge in [-0.3, -0.25) is 38.5 Å². The Hall–Kier alpha value is -4.92. The van der Waals surface area contributed by atoms with E-state index in [1.807, 2.05) is 0 Å². The summed E-state index contributed by atoms with van der Waals surface area (Å²) in [5.74, 6) is -5.29. The van der Waals surface area contributed by atoms with Crippen LogP contribution in [0, 0.1) is 0 Å². The molecule has 0 bridgehead atoms. The molecular formula is C53H89N7O30. The first-order valence-electron chi connectivity index (χ1n) is 29.7. The third-order valence-corrected chi connectivity index (χ3v) is 15.1. The van der Waals surface area contributed by atoms with Crippen LogP contribution in [0.4, 0.5) is 0 Å². The second-order valence-corrected chi connectivity index (χ2v) is 22.2. The predicted molar refractivity (Wildman–Crippen MR) is 293 cm³/mol. The molecule has 0 aromatic rings. The SMILES string of the molecule is CC(NC(=O)CN(CC(=O)NCCCCCC(=O)NCCO[C@@H]1O[C@@H](C)[C@@H](O)[C@@H](O)[C@@H]1O)CC(=O)NCCCCCC(=O)NCCO[C@H]1O[C@H](CO[C@H]2O[C@H](CO)[C@@H](O)[C@H](O)[C@@H]2O)[C@@H](O)[C@H](O[C@H]2O[C@H](CO)[C@@H](O)[C@H](O)[C@@H]2O)[C@@H]1O)C(=O)ON1C(=O)CCC1=O. The summed E-state index contributed by atoms with van der Waals surface area (Å²) in [6.07, 6.45) is -29.9. The lowest BCUT2D eigenvalue weighted by Gasteiger charge is -2.46. The van der Waals surface area contributed by atoms with Crippen molar-refractivity contribution in [1.29, 1.82) is 0 Å². The van der Waals surface area contributed by atoms with Crippen LogP contribution in [0.25, 0.3) is 0 Å². The van der Waals surface area contributed by atoms with Crippen molar-refractivity contribution in [2.24, 2.45) is 0 Å². The molecule has 18 N–H and O–H groups in total. The number of carbonyl (C=O) groups is 8. The molecule has 37 nitrogen and oxygen atoms in total. The Morgan fingerprint density at radius 2 is 0.933 bits per heavy atom. The van der Waals surface area contributed by atoms with Crippen LogP contribution in [0.5, 0.6) is 0 Å². The summed E-state index contributed by atoms with van der Waals surface area (Å²) in [4.78, 5) is 107. The van der Waals surface area contributed by atoms with Gasteiger partial charge in [-0.15, -0.1) is 5.06 Å². The molecule has 5 aliphatic heterocycles. The van der Waals surface area contributed by atoms with Crippen LogP contribution >= 0.6 is 0 Å². The van der Waals surface area contributed by atoms with Gasteiger partial charge in [-0.05, 0) is 39.5 Å². The highest BCUT2D eigenvalue weighted by molar-refractivity contribution is 6.02. The number of hydroxylamine groups is 2. The van der Waals surface area contributed by atoms with Crippen LogP contribution < -0.4 is 26.6 Å². The largest absolute Gasteiger partial charge is 0.394 e. The normalized spacial score (nSPS) is 33.3. The van der Waals surface area contributed by atoms with E-state index in [2.05, 4.69) is 26.6 Å². The molecule has 5 saturated heterocycles. The Kier molecular flexibility index (Phi) is 31.7. The van der Waals surface area contributed by atoms with Crippen molar-refractivity contribution in [3.8, 4) is 0 Å². The second kappa shape index (κ2) is 37.7. The number of hydrogen-bond donors (Lipinski definition) is 18. The quantitative estimate of drug-likeness (QED) is 0.0205. The fourth-order valence-electron chi connectivity index (χ4n) is 9.82. The van der Waals surface area contributed by atoms with Crippen LogP contribution in [0.2, 0.25) is 0 Å². The number of rotatable bonds is 36. The number of ether oxygens (including phenoxy) is 8. The molecule has 0 saturated carbocycles. The fraction of sp³-hybridized carbons (Fsp3) is 0.849. The standard InChI is InChI=1S/C53H89N7O30/c1-25(49(81)90-60-35(68)11-12-36(60)69)58-34(67)21-59(19-32(65)54-13-7-3-5-9-30(63)56-15-17-82-50-44(77)41(74)37(70)26(2)85-50)20-33(66)55-14-8-4-6-10-31(64)57-16-18-83-52-47(80)48(89-53-46(79)43(76)39(72)28(23-62)87-53)40(73)29(88-52)24-84-51-45(78)42(75)38(71)27(22-61)86-51/h25-29,37-48,50-53,61-62,70-80H,3-24H2,1-2H3,(H,54,65)(H,55,66)(H,56,63)(H,57,64)(H,58,67)/t25?,26-,27+,28+,29+,37+,38+,39+,40+,41+,42-,43-,44-,45-,46-,47-,48-,50+,51-,52-,53+/m0/s1. The van der Waals surface area contributed by atoms with Gasteiger partial charge >= 0.3 is 5.97 Å². The minimum absolute atomic E-state index is 0.0137. The van der Waals surface area contributed by atoms with Crippen LogP contribution in [-0.2, 0) is 81.1 Å².